The van der Waals surface area contributed by atoms with Crippen molar-refractivity contribution in [2.45, 2.75) is 12.5 Å². The van der Waals surface area contributed by atoms with Gasteiger partial charge in [0.1, 0.15) is 5.82 Å². The molecule has 4 N–H and O–H groups in total. The molecule has 0 aliphatic rings. The smallest absolute Gasteiger partial charge is 0.335 e. The van der Waals surface area contributed by atoms with Gasteiger partial charge in [-0.05, 0) is 18.2 Å². The van der Waals surface area contributed by atoms with Gasteiger partial charge in [0.05, 0.1) is 23.8 Å². The number of carboxylic acids is 1. The Balaban J connectivity index is 2.72. The Hall–Kier alpha value is -1.99. The number of ether oxygens (including phenoxy) is 1. The molecule has 0 aliphatic carbocycles. The van der Waals surface area contributed by atoms with E-state index in [-0.39, 0.29) is 24.2 Å². The molecule has 1 aromatic carbocycles. The van der Waals surface area contributed by atoms with Crippen LogP contribution in [0.25, 0.3) is 0 Å². The summed E-state index contributed by atoms with van der Waals surface area (Å²) in [5.74, 6) is -2.51. The van der Waals surface area contributed by atoms with Gasteiger partial charge < -0.3 is 20.9 Å². The van der Waals surface area contributed by atoms with Gasteiger partial charge in [0.2, 0.25) is 5.91 Å². The summed E-state index contributed by atoms with van der Waals surface area (Å²) in [6.07, 6.45) is -0.450. The van der Waals surface area contributed by atoms with E-state index in [0.717, 1.165) is 6.07 Å². The number of rotatable bonds is 6. The van der Waals surface area contributed by atoms with Crippen LogP contribution >= 0.6 is 0 Å². The van der Waals surface area contributed by atoms with Gasteiger partial charge in [-0.1, -0.05) is 0 Å². The van der Waals surface area contributed by atoms with Crippen molar-refractivity contribution in [1.29, 1.82) is 0 Å². The number of carbonyl (C=O) groups is 2. The molecule has 0 bridgehead atoms. The van der Waals surface area contributed by atoms with Crippen molar-refractivity contribution in [3.63, 3.8) is 0 Å². The van der Waals surface area contributed by atoms with Gasteiger partial charge in [0, 0.05) is 13.7 Å². The van der Waals surface area contributed by atoms with E-state index in [9.17, 15) is 14.0 Å². The van der Waals surface area contributed by atoms with E-state index in [2.05, 4.69) is 5.32 Å². The van der Waals surface area contributed by atoms with Crippen molar-refractivity contribution >= 4 is 17.6 Å². The Bertz CT molecular complexity index is 475. The van der Waals surface area contributed by atoms with Crippen molar-refractivity contribution in [2.75, 3.05) is 19.0 Å². The van der Waals surface area contributed by atoms with E-state index in [1.165, 1.54) is 19.2 Å². The quantitative estimate of drug-likeness (QED) is 0.710. The van der Waals surface area contributed by atoms with Gasteiger partial charge in [-0.3, -0.25) is 4.79 Å². The lowest BCUT2D eigenvalue weighted by molar-refractivity contribution is -0.118. The number of amides is 1. The molecule has 19 heavy (non-hydrogen) atoms. The number of nitrogens with one attached hydrogen (secondary N) is 1. The highest BCUT2D eigenvalue weighted by atomic mass is 19.1. The highest BCUT2D eigenvalue weighted by molar-refractivity contribution is 5.92. The molecule has 1 unspecified atom stereocenters. The number of hydrogen-bond acceptors (Lipinski definition) is 4. The summed E-state index contributed by atoms with van der Waals surface area (Å²) < 4.78 is 18.5. The fourth-order valence-corrected chi connectivity index (χ4v) is 1.42. The van der Waals surface area contributed by atoms with E-state index in [0.29, 0.717) is 0 Å². The molecule has 1 aromatic rings. The highest BCUT2D eigenvalue weighted by Crippen LogP contribution is 2.16. The minimum atomic E-state index is -1.24. The molecule has 0 radical (unpaired) electrons. The van der Waals surface area contributed by atoms with Crippen molar-refractivity contribution in [3.8, 4) is 0 Å². The summed E-state index contributed by atoms with van der Waals surface area (Å²) >= 11 is 0. The Kier molecular flexibility index (Phi) is 5.40. The second kappa shape index (κ2) is 6.81. The molecule has 1 amide bonds. The van der Waals surface area contributed by atoms with Crippen molar-refractivity contribution < 1.29 is 23.8 Å². The van der Waals surface area contributed by atoms with Crippen LogP contribution in [-0.2, 0) is 9.53 Å². The van der Waals surface area contributed by atoms with Crippen LogP contribution in [0.4, 0.5) is 10.1 Å². The van der Waals surface area contributed by atoms with Crippen LogP contribution in [0.15, 0.2) is 18.2 Å². The first kappa shape index (κ1) is 15.1. The SMILES string of the molecule is COC(CN)CC(=O)Nc1ccc(C(=O)O)cc1F. The number of benzene rings is 1. The molecule has 0 aliphatic heterocycles. The van der Waals surface area contributed by atoms with Gasteiger partial charge in [-0.15, -0.1) is 0 Å². The number of aromatic carboxylic acids is 1. The van der Waals surface area contributed by atoms with Gasteiger partial charge in [0.15, 0.2) is 0 Å². The summed E-state index contributed by atoms with van der Waals surface area (Å²) in [5, 5.41) is 11.0. The number of methoxy groups -OCH3 is 1. The molecule has 0 saturated heterocycles. The lowest BCUT2D eigenvalue weighted by Crippen LogP contribution is -2.28. The molecule has 6 nitrogen and oxygen atoms in total. The molecular formula is C12H15FN2O4. The zero-order valence-electron chi connectivity index (χ0n) is 10.4. The van der Waals surface area contributed by atoms with Crippen LogP contribution in [0.2, 0.25) is 0 Å². The third kappa shape index (κ3) is 4.31. The minimum Gasteiger partial charge on any atom is -0.478 e. The highest BCUT2D eigenvalue weighted by Gasteiger charge is 2.14. The first-order valence-electron chi connectivity index (χ1n) is 5.53. The van der Waals surface area contributed by atoms with Gasteiger partial charge in [-0.2, -0.15) is 0 Å². The molecular weight excluding hydrogens is 255 g/mol. The van der Waals surface area contributed by atoms with Crippen molar-refractivity contribution in [2.24, 2.45) is 5.73 Å². The van der Waals surface area contributed by atoms with Crippen LogP contribution in [0.5, 0.6) is 0 Å². The molecule has 1 rings (SSSR count). The van der Waals surface area contributed by atoms with Crippen LogP contribution in [0.3, 0.4) is 0 Å². The summed E-state index contributed by atoms with van der Waals surface area (Å²) in [7, 11) is 1.42. The summed E-state index contributed by atoms with van der Waals surface area (Å²) in [5.41, 5.74) is 5.09. The first-order chi connectivity index (χ1) is 8.97. The number of carboxylic acid groups (broad SMARTS) is 1. The zero-order chi connectivity index (χ0) is 14.4. The number of anilines is 1. The number of carbonyl (C=O) groups excluding carboxylic acids is 1. The van der Waals surface area contributed by atoms with Gasteiger partial charge in [0.25, 0.3) is 0 Å². The number of nitrogens with two attached hydrogens (primary N) is 1. The third-order valence-electron chi connectivity index (χ3n) is 2.50. The van der Waals surface area contributed by atoms with Crippen LogP contribution in [0.1, 0.15) is 16.8 Å². The number of halogens is 1. The Morgan fingerprint density at radius 2 is 2.21 bits per heavy atom. The summed E-state index contributed by atoms with van der Waals surface area (Å²) in [4.78, 5) is 22.2. The average molecular weight is 270 g/mol. The third-order valence-corrected chi connectivity index (χ3v) is 2.50. The zero-order valence-corrected chi connectivity index (χ0v) is 10.4. The van der Waals surface area contributed by atoms with Crippen LogP contribution in [0, 0.1) is 5.82 Å². The largest absolute Gasteiger partial charge is 0.478 e. The number of hydrogen-bond donors (Lipinski definition) is 3. The Morgan fingerprint density at radius 3 is 2.68 bits per heavy atom. The molecule has 0 spiro atoms. The molecule has 0 saturated carbocycles. The second-order valence-electron chi connectivity index (χ2n) is 3.85. The molecule has 104 valence electrons. The predicted octanol–water partition coefficient (Wildman–Crippen LogP) is 0.826. The predicted molar refractivity (Wildman–Crippen MR) is 66.5 cm³/mol. The Morgan fingerprint density at radius 1 is 1.53 bits per heavy atom. The molecule has 1 atom stereocenters. The van der Waals surface area contributed by atoms with E-state index in [1.54, 1.807) is 0 Å². The van der Waals surface area contributed by atoms with Crippen LogP contribution in [-0.4, -0.2) is 36.7 Å². The lowest BCUT2D eigenvalue weighted by atomic mass is 10.2. The van der Waals surface area contributed by atoms with Crippen molar-refractivity contribution in [3.05, 3.63) is 29.6 Å². The maximum Gasteiger partial charge on any atom is 0.335 e. The maximum atomic E-state index is 13.5. The van der Waals surface area contributed by atoms with Crippen LogP contribution < -0.4 is 11.1 Å². The van der Waals surface area contributed by atoms with E-state index >= 15 is 0 Å². The Labute approximate surface area is 109 Å². The normalized spacial score (nSPS) is 11.9. The summed E-state index contributed by atoms with van der Waals surface area (Å²) in [6, 6.07) is 3.24. The topological polar surface area (TPSA) is 102 Å². The van der Waals surface area contributed by atoms with E-state index < -0.39 is 23.8 Å². The van der Waals surface area contributed by atoms with E-state index in [4.69, 9.17) is 15.6 Å². The average Bonchev–Trinajstić information content (AvgIpc) is 2.38. The molecule has 0 heterocycles. The standard InChI is InChI=1S/C12H15FN2O4/c1-19-8(6-14)5-11(16)15-10-3-2-7(12(17)18)4-9(10)13/h2-4,8H,5-6,14H2,1H3,(H,15,16)(H,17,18). The molecule has 0 fully saturated rings. The summed E-state index contributed by atoms with van der Waals surface area (Å²) in [6.45, 7) is 0.171. The fraction of sp³-hybridized carbons (Fsp3) is 0.333. The van der Waals surface area contributed by atoms with E-state index in [1.807, 2.05) is 0 Å². The first-order valence-corrected chi connectivity index (χ1v) is 5.53. The van der Waals surface area contributed by atoms with Crippen molar-refractivity contribution in [1.82, 2.24) is 0 Å². The molecule has 7 heteroatoms. The maximum absolute atomic E-state index is 13.5. The van der Waals surface area contributed by atoms with Gasteiger partial charge in [-0.25, -0.2) is 9.18 Å². The lowest BCUT2D eigenvalue weighted by Gasteiger charge is -2.13. The minimum absolute atomic E-state index is 0.00682. The fourth-order valence-electron chi connectivity index (χ4n) is 1.42. The van der Waals surface area contributed by atoms with Gasteiger partial charge >= 0.3 is 5.97 Å². The monoisotopic (exact) mass is 270 g/mol. The molecule has 0 aromatic heterocycles. The second-order valence-corrected chi connectivity index (χ2v) is 3.85.